The Morgan fingerprint density at radius 2 is 2.00 bits per heavy atom. The van der Waals surface area contributed by atoms with Gasteiger partial charge in [-0.2, -0.15) is 0 Å². The summed E-state index contributed by atoms with van der Waals surface area (Å²) < 4.78 is 12.1. The van der Waals surface area contributed by atoms with E-state index in [4.69, 9.17) is 5.73 Å². The number of alkyl halides is 1. The fourth-order valence-electron chi connectivity index (χ4n) is 1.55. The molecule has 0 bridgehead atoms. The maximum Gasteiger partial charge on any atom is 0.0913 e. The van der Waals surface area contributed by atoms with Gasteiger partial charge in [0.05, 0.1) is 17.9 Å². The molecule has 78 valence electrons. The number of aromatic nitrogens is 1. The van der Waals surface area contributed by atoms with Crippen LogP contribution in [0.5, 0.6) is 0 Å². The summed E-state index contributed by atoms with van der Waals surface area (Å²) in [5.41, 5.74) is 7.46. The lowest BCUT2D eigenvalue weighted by molar-refractivity contribution is 0.439. The van der Waals surface area contributed by atoms with E-state index < -0.39 is 6.67 Å². The van der Waals surface area contributed by atoms with Gasteiger partial charge in [-0.25, -0.2) is 0 Å². The second-order valence-electron chi connectivity index (χ2n) is 3.51. The third kappa shape index (κ3) is 2.13. The van der Waals surface area contributed by atoms with Crippen molar-refractivity contribution in [3.05, 3.63) is 42.1 Å². The van der Waals surface area contributed by atoms with Crippen molar-refractivity contribution in [2.75, 3.05) is 6.67 Å². The van der Waals surface area contributed by atoms with Crippen LogP contribution in [-0.4, -0.2) is 11.7 Å². The van der Waals surface area contributed by atoms with Gasteiger partial charge in [0.2, 0.25) is 0 Å². The van der Waals surface area contributed by atoms with Crippen LogP contribution in [0.25, 0.3) is 10.9 Å². The number of nitrogens with two attached hydrogens (primary N) is 1. The van der Waals surface area contributed by atoms with Gasteiger partial charge in [0.15, 0.2) is 0 Å². The Balaban J connectivity index is 2.38. The van der Waals surface area contributed by atoms with Crippen LogP contribution in [0, 0.1) is 0 Å². The molecule has 0 aliphatic rings. The second-order valence-corrected chi connectivity index (χ2v) is 3.51. The molecule has 0 saturated carbocycles. The van der Waals surface area contributed by atoms with Gasteiger partial charge in [0.1, 0.15) is 0 Å². The number of para-hydroxylation sites is 1. The molecule has 0 aliphatic heterocycles. The highest BCUT2D eigenvalue weighted by Gasteiger charge is 2.07. The van der Waals surface area contributed by atoms with Crippen LogP contribution < -0.4 is 5.73 Å². The molecule has 2 aromatic rings. The first-order valence-corrected chi connectivity index (χ1v) is 4.98. The molecule has 1 aromatic carbocycles. The monoisotopic (exact) mass is 204 g/mol. The Kier molecular flexibility index (Phi) is 2.92. The van der Waals surface area contributed by atoms with Crippen LogP contribution in [0.2, 0.25) is 0 Å². The molecule has 0 aliphatic carbocycles. The van der Waals surface area contributed by atoms with Gasteiger partial charge in [0.25, 0.3) is 0 Å². The Bertz CT molecular complexity index is 456. The standard InChI is InChI=1S/C12H13FN2/c13-8-7-10(14)12-6-5-9-3-1-2-4-11(9)15-12/h1-6,10H,7-8,14H2/t10-/m0/s1. The zero-order valence-electron chi connectivity index (χ0n) is 8.36. The first-order chi connectivity index (χ1) is 7.31. The number of fused-ring (bicyclic) bond motifs is 1. The number of pyridine rings is 1. The normalized spacial score (nSPS) is 12.9. The van der Waals surface area contributed by atoms with Gasteiger partial charge in [-0.1, -0.05) is 24.3 Å². The maximum atomic E-state index is 12.1. The van der Waals surface area contributed by atoms with Crippen molar-refractivity contribution in [1.82, 2.24) is 4.98 Å². The Hall–Kier alpha value is -1.48. The summed E-state index contributed by atoms with van der Waals surface area (Å²) in [5, 5.41) is 1.08. The van der Waals surface area contributed by atoms with Crippen LogP contribution in [0.1, 0.15) is 18.2 Å². The SMILES string of the molecule is N[C@@H](CCF)c1ccc2ccccc2n1. The van der Waals surface area contributed by atoms with E-state index in [-0.39, 0.29) is 6.04 Å². The van der Waals surface area contributed by atoms with Crippen molar-refractivity contribution in [3.63, 3.8) is 0 Å². The summed E-state index contributed by atoms with van der Waals surface area (Å²) in [6.45, 7) is -0.407. The number of benzene rings is 1. The van der Waals surface area contributed by atoms with E-state index in [1.807, 2.05) is 36.4 Å². The quantitative estimate of drug-likeness (QED) is 0.834. The predicted octanol–water partition coefficient (Wildman–Crippen LogP) is 2.59. The van der Waals surface area contributed by atoms with E-state index in [0.29, 0.717) is 6.42 Å². The molecule has 2 N–H and O–H groups in total. The summed E-state index contributed by atoms with van der Waals surface area (Å²) in [6.07, 6.45) is 0.325. The Morgan fingerprint density at radius 1 is 1.20 bits per heavy atom. The van der Waals surface area contributed by atoms with Crippen molar-refractivity contribution in [2.24, 2.45) is 5.73 Å². The van der Waals surface area contributed by atoms with Crippen LogP contribution in [0.3, 0.4) is 0 Å². The van der Waals surface area contributed by atoms with E-state index in [9.17, 15) is 4.39 Å². The highest BCUT2D eigenvalue weighted by atomic mass is 19.1. The van der Waals surface area contributed by atoms with Gasteiger partial charge < -0.3 is 5.73 Å². The molecule has 2 nitrogen and oxygen atoms in total. The minimum atomic E-state index is -0.407. The molecule has 15 heavy (non-hydrogen) atoms. The molecule has 0 unspecified atom stereocenters. The lowest BCUT2D eigenvalue weighted by atomic mass is 10.1. The summed E-state index contributed by atoms with van der Waals surface area (Å²) in [4.78, 5) is 4.40. The zero-order chi connectivity index (χ0) is 10.7. The molecular formula is C12H13FN2. The first-order valence-electron chi connectivity index (χ1n) is 4.98. The molecule has 0 fully saturated rings. The van der Waals surface area contributed by atoms with Gasteiger partial charge >= 0.3 is 0 Å². The number of hydrogen-bond acceptors (Lipinski definition) is 2. The highest BCUT2D eigenvalue weighted by molar-refractivity contribution is 5.78. The second kappa shape index (κ2) is 4.36. The van der Waals surface area contributed by atoms with Crippen LogP contribution >= 0.6 is 0 Å². The molecule has 1 heterocycles. The minimum absolute atomic E-state index is 0.306. The van der Waals surface area contributed by atoms with E-state index in [2.05, 4.69) is 4.98 Å². The van der Waals surface area contributed by atoms with Gasteiger partial charge in [-0.3, -0.25) is 9.37 Å². The molecule has 3 heteroatoms. The van der Waals surface area contributed by atoms with Crippen molar-refractivity contribution < 1.29 is 4.39 Å². The highest BCUT2D eigenvalue weighted by Crippen LogP contribution is 2.17. The topological polar surface area (TPSA) is 38.9 Å². The molecular weight excluding hydrogens is 191 g/mol. The van der Waals surface area contributed by atoms with Crippen LogP contribution in [0.4, 0.5) is 4.39 Å². The number of nitrogens with zero attached hydrogens (tertiary/aromatic N) is 1. The molecule has 0 saturated heterocycles. The Morgan fingerprint density at radius 3 is 2.80 bits per heavy atom. The summed E-state index contributed by atoms with van der Waals surface area (Å²) in [6, 6.07) is 11.3. The van der Waals surface area contributed by atoms with Crippen molar-refractivity contribution >= 4 is 10.9 Å². The zero-order valence-corrected chi connectivity index (χ0v) is 8.36. The van der Waals surface area contributed by atoms with Gasteiger partial charge in [0, 0.05) is 11.4 Å². The van der Waals surface area contributed by atoms with Crippen molar-refractivity contribution in [2.45, 2.75) is 12.5 Å². The van der Waals surface area contributed by atoms with E-state index in [1.54, 1.807) is 0 Å². The number of halogens is 1. The molecule has 0 spiro atoms. The van der Waals surface area contributed by atoms with E-state index in [1.165, 1.54) is 0 Å². The number of hydrogen-bond donors (Lipinski definition) is 1. The average Bonchev–Trinajstić information content (AvgIpc) is 2.29. The third-order valence-electron chi connectivity index (χ3n) is 2.42. The summed E-state index contributed by atoms with van der Waals surface area (Å²) >= 11 is 0. The molecule has 1 aromatic heterocycles. The largest absolute Gasteiger partial charge is 0.323 e. The fraction of sp³-hybridized carbons (Fsp3) is 0.250. The van der Waals surface area contributed by atoms with E-state index in [0.717, 1.165) is 16.6 Å². The molecule has 0 radical (unpaired) electrons. The van der Waals surface area contributed by atoms with E-state index >= 15 is 0 Å². The summed E-state index contributed by atoms with van der Waals surface area (Å²) in [7, 11) is 0. The fourth-order valence-corrected chi connectivity index (χ4v) is 1.55. The van der Waals surface area contributed by atoms with Crippen LogP contribution in [-0.2, 0) is 0 Å². The van der Waals surface area contributed by atoms with Gasteiger partial charge in [-0.05, 0) is 18.6 Å². The third-order valence-corrected chi connectivity index (χ3v) is 2.42. The lowest BCUT2D eigenvalue weighted by Crippen LogP contribution is -2.12. The lowest BCUT2D eigenvalue weighted by Gasteiger charge is -2.09. The maximum absolute atomic E-state index is 12.1. The molecule has 2 rings (SSSR count). The predicted molar refractivity (Wildman–Crippen MR) is 59.3 cm³/mol. The average molecular weight is 204 g/mol. The van der Waals surface area contributed by atoms with Gasteiger partial charge in [-0.15, -0.1) is 0 Å². The molecule has 1 atom stereocenters. The van der Waals surface area contributed by atoms with Crippen LogP contribution in [0.15, 0.2) is 36.4 Å². The number of rotatable bonds is 3. The first kappa shape index (κ1) is 10.1. The summed E-state index contributed by atoms with van der Waals surface area (Å²) in [5.74, 6) is 0. The van der Waals surface area contributed by atoms with Crippen molar-refractivity contribution in [1.29, 1.82) is 0 Å². The van der Waals surface area contributed by atoms with Crippen molar-refractivity contribution in [3.8, 4) is 0 Å². The minimum Gasteiger partial charge on any atom is -0.323 e. The smallest absolute Gasteiger partial charge is 0.0913 e. The molecule has 0 amide bonds. The Labute approximate surface area is 87.9 Å².